The van der Waals surface area contributed by atoms with E-state index >= 15 is 0 Å². The van der Waals surface area contributed by atoms with Gasteiger partial charge in [-0.15, -0.1) is 0 Å². The predicted octanol–water partition coefficient (Wildman–Crippen LogP) is 0.0667. The number of nitrogens with two attached hydrogens (primary N) is 1. The number of H-pyrrole nitrogens is 2. The van der Waals surface area contributed by atoms with Crippen molar-refractivity contribution in [2.75, 3.05) is 26.0 Å². The van der Waals surface area contributed by atoms with E-state index in [0.717, 1.165) is 25.7 Å². The molecule has 1 fully saturated rings. The zero-order chi connectivity index (χ0) is 16.3. The summed E-state index contributed by atoms with van der Waals surface area (Å²) in [5, 5.41) is 0. The maximum atomic E-state index is 12.8. The van der Waals surface area contributed by atoms with E-state index in [-0.39, 0.29) is 11.4 Å². The maximum absolute atomic E-state index is 12.8. The molecule has 8 nitrogen and oxygen atoms in total. The number of aromatic nitrogens is 2. The Hall–Kier alpha value is -2.09. The van der Waals surface area contributed by atoms with Crippen molar-refractivity contribution in [3.63, 3.8) is 0 Å². The first-order valence-electron chi connectivity index (χ1n) is 7.38. The van der Waals surface area contributed by atoms with Crippen molar-refractivity contribution >= 4 is 11.6 Å². The van der Waals surface area contributed by atoms with Crippen LogP contribution in [0.25, 0.3) is 0 Å². The summed E-state index contributed by atoms with van der Waals surface area (Å²) in [7, 11) is 1.60. The molecule has 0 spiro atoms. The number of carbonyl (C=O) groups excluding carboxylic acids is 1. The largest absolute Gasteiger partial charge is 0.392 e. The lowest BCUT2D eigenvalue weighted by Gasteiger charge is -2.38. The van der Waals surface area contributed by atoms with Crippen LogP contribution in [-0.4, -0.2) is 46.6 Å². The molecule has 2 heterocycles. The van der Waals surface area contributed by atoms with Gasteiger partial charge in [-0.1, -0.05) is 13.3 Å². The van der Waals surface area contributed by atoms with E-state index < -0.39 is 22.7 Å². The molecule has 122 valence electrons. The number of likely N-dealkylation sites (tertiary alicyclic amines) is 1. The normalized spacial score (nSPS) is 21.3. The van der Waals surface area contributed by atoms with Gasteiger partial charge in [-0.05, 0) is 19.3 Å². The number of ether oxygens (including phenoxy) is 1. The number of rotatable bonds is 5. The molecule has 0 aliphatic carbocycles. The summed E-state index contributed by atoms with van der Waals surface area (Å²) < 4.78 is 5.31. The monoisotopic (exact) mass is 310 g/mol. The van der Waals surface area contributed by atoms with E-state index in [1.54, 1.807) is 12.0 Å². The minimum absolute atomic E-state index is 0.146. The van der Waals surface area contributed by atoms with E-state index in [1.165, 1.54) is 0 Å². The van der Waals surface area contributed by atoms with Crippen LogP contribution in [0, 0.1) is 0 Å². The van der Waals surface area contributed by atoms with E-state index in [9.17, 15) is 14.4 Å². The SMILES string of the molecule is CCCC1(COC)CCCN1C(=O)c1[nH]c(=O)[nH]c(=O)c1N. The Bertz CT molecular complexity index is 658. The predicted molar refractivity (Wildman–Crippen MR) is 81.9 cm³/mol. The first-order valence-corrected chi connectivity index (χ1v) is 7.38. The van der Waals surface area contributed by atoms with Gasteiger partial charge in [-0.25, -0.2) is 4.79 Å². The Labute approximate surface area is 127 Å². The van der Waals surface area contributed by atoms with Crippen LogP contribution in [0.1, 0.15) is 43.1 Å². The topological polar surface area (TPSA) is 121 Å². The molecule has 1 aliphatic rings. The number of nitrogens with one attached hydrogen (secondary N) is 2. The average Bonchev–Trinajstić information content (AvgIpc) is 2.86. The summed E-state index contributed by atoms with van der Waals surface area (Å²) in [6.45, 7) is 3.01. The highest BCUT2D eigenvalue weighted by Gasteiger charge is 2.43. The van der Waals surface area contributed by atoms with Gasteiger partial charge in [0.1, 0.15) is 11.4 Å². The second-order valence-electron chi connectivity index (χ2n) is 5.66. The summed E-state index contributed by atoms with van der Waals surface area (Å²) >= 11 is 0. The van der Waals surface area contributed by atoms with Crippen LogP contribution in [0.5, 0.6) is 0 Å². The quantitative estimate of drug-likeness (QED) is 0.710. The Morgan fingerprint density at radius 1 is 1.41 bits per heavy atom. The highest BCUT2D eigenvalue weighted by Crippen LogP contribution is 2.35. The van der Waals surface area contributed by atoms with Gasteiger partial charge >= 0.3 is 5.69 Å². The van der Waals surface area contributed by atoms with Gasteiger partial charge in [-0.2, -0.15) is 0 Å². The molecule has 1 unspecified atom stereocenters. The molecule has 0 bridgehead atoms. The summed E-state index contributed by atoms with van der Waals surface area (Å²) in [5.74, 6) is -0.427. The molecular formula is C14H22N4O4. The molecule has 1 saturated heterocycles. The maximum Gasteiger partial charge on any atom is 0.326 e. The van der Waals surface area contributed by atoms with E-state index in [2.05, 4.69) is 4.98 Å². The molecule has 0 radical (unpaired) electrons. The second kappa shape index (κ2) is 6.35. The lowest BCUT2D eigenvalue weighted by molar-refractivity contribution is 0.0250. The zero-order valence-electron chi connectivity index (χ0n) is 12.9. The number of aromatic amines is 2. The van der Waals surface area contributed by atoms with Gasteiger partial charge in [0.15, 0.2) is 0 Å². The van der Waals surface area contributed by atoms with Gasteiger partial charge in [0.05, 0.1) is 12.1 Å². The fourth-order valence-electron chi connectivity index (χ4n) is 3.27. The van der Waals surface area contributed by atoms with Gasteiger partial charge in [0.25, 0.3) is 11.5 Å². The lowest BCUT2D eigenvalue weighted by Crippen LogP contribution is -2.51. The lowest BCUT2D eigenvalue weighted by atomic mass is 9.91. The standard InChI is InChI=1S/C14H22N4O4/c1-3-5-14(8-22-2)6-4-7-18(14)12(20)10-9(15)11(19)17-13(21)16-10/h3-8,15H2,1-2H3,(H2,16,17,19,21). The molecule has 2 rings (SSSR count). The number of nitrogens with zero attached hydrogens (tertiary/aromatic N) is 1. The van der Waals surface area contributed by atoms with Gasteiger partial charge in [0, 0.05) is 13.7 Å². The third kappa shape index (κ3) is 2.78. The van der Waals surface area contributed by atoms with Gasteiger partial charge in [0.2, 0.25) is 0 Å². The minimum atomic E-state index is -0.751. The highest BCUT2D eigenvalue weighted by atomic mass is 16.5. The smallest absolute Gasteiger partial charge is 0.326 e. The van der Waals surface area contributed by atoms with E-state index in [4.69, 9.17) is 10.5 Å². The van der Waals surface area contributed by atoms with Crippen LogP contribution in [-0.2, 0) is 4.74 Å². The average molecular weight is 310 g/mol. The Balaban J connectivity index is 2.43. The van der Waals surface area contributed by atoms with E-state index in [1.807, 2.05) is 11.9 Å². The first-order chi connectivity index (χ1) is 10.4. The summed E-state index contributed by atoms with van der Waals surface area (Å²) in [5.41, 5.74) is 3.35. The van der Waals surface area contributed by atoms with E-state index in [0.29, 0.717) is 13.2 Å². The van der Waals surface area contributed by atoms with Crippen molar-refractivity contribution in [3.8, 4) is 0 Å². The molecule has 22 heavy (non-hydrogen) atoms. The molecule has 0 saturated carbocycles. The fraction of sp³-hybridized carbons (Fsp3) is 0.643. The number of hydrogen-bond acceptors (Lipinski definition) is 5. The number of methoxy groups -OCH3 is 1. The molecule has 1 amide bonds. The molecule has 1 aromatic rings. The summed E-state index contributed by atoms with van der Waals surface area (Å²) in [4.78, 5) is 41.9. The number of hydrogen-bond donors (Lipinski definition) is 3. The highest BCUT2D eigenvalue weighted by molar-refractivity contribution is 5.97. The molecule has 1 aliphatic heterocycles. The van der Waals surface area contributed by atoms with Crippen molar-refractivity contribution in [1.82, 2.24) is 14.9 Å². The van der Waals surface area contributed by atoms with Crippen molar-refractivity contribution in [1.29, 1.82) is 0 Å². The molecule has 4 N–H and O–H groups in total. The van der Waals surface area contributed by atoms with Crippen LogP contribution in [0.15, 0.2) is 9.59 Å². The number of nitrogen functional groups attached to an aromatic ring is 1. The van der Waals surface area contributed by atoms with Crippen LogP contribution in [0.2, 0.25) is 0 Å². The zero-order valence-corrected chi connectivity index (χ0v) is 12.9. The Morgan fingerprint density at radius 3 is 2.77 bits per heavy atom. The van der Waals surface area contributed by atoms with Crippen LogP contribution >= 0.6 is 0 Å². The third-order valence-electron chi connectivity index (χ3n) is 4.16. The second-order valence-corrected chi connectivity index (χ2v) is 5.66. The van der Waals surface area contributed by atoms with Crippen LogP contribution in [0.4, 0.5) is 5.69 Å². The van der Waals surface area contributed by atoms with Crippen molar-refractivity contribution < 1.29 is 9.53 Å². The summed E-state index contributed by atoms with van der Waals surface area (Å²) in [6, 6.07) is 0. The Kier molecular flexibility index (Phi) is 4.70. The molecule has 0 aromatic carbocycles. The van der Waals surface area contributed by atoms with Crippen LogP contribution < -0.4 is 17.0 Å². The minimum Gasteiger partial charge on any atom is -0.392 e. The summed E-state index contributed by atoms with van der Waals surface area (Å²) in [6.07, 6.45) is 3.37. The molecule has 1 aromatic heterocycles. The van der Waals surface area contributed by atoms with Crippen LogP contribution in [0.3, 0.4) is 0 Å². The fourth-order valence-corrected chi connectivity index (χ4v) is 3.27. The van der Waals surface area contributed by atoms with Gasteiger partial charge < -0.3 is 20.4 Å². The number of carbonyl (C=O) groups is 1. The number of anilines is 1. The molecular weight excluding hydrogens is 288 g/mol. The first kappa shape index (κ1) is 16.3. The number of amides is 1. The molecule has 8 heteroatoms. The van der Waals surface area contributed by atoms with Crippen molar-refractivity contribution in [2.45, 2.75) is 38.1 Å². The van der Waals surface area contributed by atoms with Gasteiger partial charge in [-0.3, -0.25) is 14.6 Å². The molecule has 1 atom stereocenters. The Morgan fingerprint density at radius 2 is 2.14 bits per heavy atom. The van der Waals surface area contributed by atoms with Crippen molar-refractivity contribution in [2.24, 2.45) is 0 Å². The van der Waals surface area contributed by atoms with Crippen molar-refractivity contribution in [3.05, 3.63) is 26.5 Å². The third-order valence-corrected chi connectivity index (χ3v) is 4.16.